The lowest BCUT2D eigenvalue weighted by Gasteiger charge is -2.16. The minimum atomic E-state index is 0.699. The Morgan fingerprint density at radius 3 is 1.39 bits per heavy atom. The first-order valence-corrected chi connectivity index (χ1v) is 20.7. The van der Waals surface area contributed by atoms with Crippen molar-refractivity contribution in [2.75, 3.05) is 0 Å². The molecule has 0 spiro atoms. The molecule has 61 heavy (non-hydrogen) atoms. The SMILES string of the molecule is c1ccc(-c2cc(-c3ccccc3)nc(-c3ccc(-c4cccc(-n5c6ccccc6c6cc(-c7ccccc7-c7ccccc7)cc(-c7ccccc7)c65)c4)cc3)n2)cc1. The summed E-state index contributed by atoms with van der Waals surface area (Å²) >= 11 is 0. The van der Waals surface area contributed by atoms with Crippen LogP contribution in [0.3, 0.4) is 0 Å². The third-order valence-corrected chi connectivity index (χ3v) is 11.6. The highest BCUT2D eigenvalue weighted by Gasteiger charge is 2.20. The molecule has 11 rings (SSSR count). The summed E-state index contributed by atoms with van der Waals surface area (Å²) in [5.41, 5.74) is 17.8. The fourth-order valence-corrected chi connectivity index (χ4v) is 8.69. The van der Waals surface area contributed by atoms with E-state index in [0.717, 1.165) is 44.9 Å². The van der Waals surface area contributed by atoms with Crippen LogP contribution in [-0.4, -0.2) is 14.5 Å². The first kappa shape index (κ1) is 36.0. The van der Waals surface area contributed by atoms with Crippen molar-refractivity contribution in [2.45, 2.75) is 0 Å². The second-order valence-corrected chi connectivity index (χ2v) is 15.4. The van der Waals surface area contributed by atoms with Gasteiger partial charge < -0.3 is 4.57 Å². The normalized spacial score (nSPS) is 11.3. The number of rotatable bonds is 8. The summed E-state index contributed by atoms with van der Waals surface area (Å²) in [5.74, 6) is 0.699. The minimum Gasteiger partial charge on any atom is -0.309 e. The number of aromatic nitrogens is 3. The van der Waals surface area contributed by atoms with E-state index < -0.39 is 0 Å². The van der Waals surface area contributed by atoms with Gasteiger partial charge in [0.1, 0.15) is 0 Å². The van der Waals surface area contributed by atoms with Crippen molar-refractivity contribution in [3.63, 3.8) is 0 Å². The standard InChI is InChI=1S/C58H39N3/c1-5-18-41(19-6-1)49-28-13-14-29-50(49)47-37-52(42-20-7-2-8-21-42)57-53(38-47)51-30-15-16-31-56(51)61(57)48-27-17-26-46(36-48)40-32-34-45(35-33-40)58-59-54(43-22-9-3-10-23-43)39-55(60-58)44-24-11-4-12-25-44/h1-39H. The number of para-hydroxylation sites is 1. The third-order valence-electron chi connectivity index (χ3n) is 11.6. The fourth-order valence-electron chi connectivity index (χ4n) is 8.69. The predicted molar refractivity (Wildman–Crippen MR) is 254 cm³/mol. The van der Waals surface area contributed by atoms with Gasteiger partial charge in [-0.2, -0.15) is 0 Å². The smallest absolute Gasteiger partial charge is 0.160 e. The molecule has 0 aliphatic rings. The van der Waals surface area contributed by atoms with Gasteiger partial charge in [0.15, 0.2) is 5.82 Å². The van der Waals surface area contributed by atoms with Gasteiger partial charge in [-0.25, -0.2) is 9.97 Å². The predicted octanol–water partition coefficient (Wildman–Crippen LogP) is 15.2. The number of hydrogen-bond acceptors (Lipinski definition) is 2. The van der Waals surface area contributed by atoms with Crippen molar-refractivity contribution < 1.29 is 0 Å². The molecule has 0 saturated carbocycles. The highest BCUT2D eigenvalue weighted by Crippen LogP contribution is 2.43. The molecule has 286 valence electrons. The zero-order valence-electron chi connectivity index (χ0n) is 33.4. The Morgan fingerprint density at radius 1 is 0.279 bits per heavy atom. The Labute approximate surface area is 355 Å². The summed E-state index contributed by atoms with van der Waals surface area (Å²) in [5, 5.41) is 2.44. The molecular formula is C58H39N3. The first-order valence-electron chi connectivity index (χ1n) is 20.7. The second kappa shape index (κ2) is 15.6. The van der Waals surface area contributed by atoms with E-state index in [-0.39, 0.29) is 0 Å². The quantitative estimate of drug-likeness (QED) is 0.154. The molecule has 2 heterocycles. The molecule has 11 aromatic rings. The van der Waals surface area contributed by atoms with E-state index in [1.54, 1.807) is 0 Å². The molecule has 3 heteroatoms. The van der Waals surface area contributed by atoms with Crippen LogP contribution < -0.4 is 0 Å². The van der Waals surface area contributed by atoms with Crippen LogP contribution in [0.15, 0.2) is 237 Å². The maximum atomic E-state index is 5.07. The maximum absolute atomic E-state index is 5.07. The summed E-state index contributed by atoms with van der Waals surface area (Å²) in [6, 6.07) is 84.1. The zero-order valence-corrected chi connectivity index (χ0v) is 33.4. The Hall–Kier alpha value is -8.14. The molecule has 0 unspecified atom stereocenters. The molecule has 0 radical (unpaired) electrons. The Balaban J connectivity index is 1.04. The van der Waals surface area contributed by atoms with Gasteiger partial charge in [-0.3, -0.25) is 0 Å². The Kier molecular flexibility index (Phi) is 9.18. The average molecular weight is 778 g/mol. The molecule has 0 atom stereocenters. The molecule has 0 aliphatic heterocycles. The minimum absolute atomic E-state index is 0.699. The van der Waals surface area contributed by atoms with Crippen LogP contribution in [0.25, 0.3) is 106 Å². The van der Waals surface area contributed by atoms with E-state index in [0.29, 0.717) is 5.82 Å². The molecule has 9 aromatic carbocycles. The van der Waals surface area contributed by atoms with Crippen LogP contribution in [0.1, 0.15) is 0 Å². The topological polar surface area (TPSA) is 30.7 Å². The van der Waals surface area contributed by atoms with E-state index in [1.165, 1.54) is 55.2 Å². The number of hydrogen-bond donors (Lipinski definition) is 0. The fraction of sp³-hybridized carbons (Fsp3) is 0. The monoisotopic (exact) mass is 777 g/mol. The molecule has 0 amide bonds. The van der Waals surface area contributed by atoms with Gasteiger partial charge in [0.25, 0.3) is 0 Å². The van der Waals surface area contributed by atoms with E-state index >= 15 is 0 Å². The van der Waals surface area contributed by atoms with Crippen LogP contribution in [-0.2, 0) is 0 Å². The van der Waals surface area contributed by atoms with Crippen molar-refractivity contribution >= 4 is 21.8 Å². The molecular weight excluding hydrogens is 739 g/mol. The summed E-state index contributed by atoms with van der Waals surface area (Å²) in [6.45, 7) is 0. The van der Waals surface area contributed by atoms with Crippen LogP contribution in [0.4, 0.5) is 0 Å². The van der Waals surface area contributed by atoms with Gasteiger partial charge in [0.05, 0.1) is 22.4 Å². The first-order chi connectivity index (χ1) is 30.2. The van der Waals surface area contributed by atoms with Crippen molar-refractivity contribution in [3.8, 4) is 84.1 Å². The van der Waals surface area contributed by atoms with Crippen molar-refractivity contribution in [1.82, 2.24) is 14.5 Å². The van der Waals surface area contributed by atoms with Gasteiger partial charge in [-0.1, -0.05) is 200 Å². The van der Waals surface area contributed by atoms with Gasteiger partial charge >= 0.3 is 0 Å². The van der Waals surface area contributed by atoms with Crippen molar-refractivity contribution in [1.29, 1.82) is 0 Å². The summed E-state index contributed by atoms with van der Waals surface area (Å²) in [6.07, 6.45) is 0. The van der Waals surface area contributed by atoms with Crippen LogP contribution >= 0.6 is 0 Å². The summed E-state index contributed by atoms with van der Waals surface area (Å²) in [4.78, 5) is 10.1. The molecule has 3 nitrogen and oxygen atoms in total. The molecule has 0 aliphatic carbocycles. The highest BCUT2D eigenvalue weighted by molar-refractivity contribution is 6.15. The largest absolute Gasteiger partial charge is 0.309 e. The summed E-state index contributed by atoms with van der Waals surface area (Å²) < 4.78 is 2.45. The second-order valence-electron chi connectivity index (χ2n) is 15.4. The van der Waals surface area contributed by atoms with Gasteiger partial charge in [0.2, 0.25) is 0 Å². The highest BCUT2D eigenvalue weighted by atomic mass is 15.0. The lowest BCUT2D eigenvalue weighted by Crippen LogP contribution is -1.97. The maximum Gasteiger partial charge on any atom is 0.160 e. The van der Waals surface area contributed by atoms with Crippen molar-refractivity contribution in [3.05, 3.63) is 237 Å². The van der Waals surface area contributed by atoms with Crippen LogP contribution in [0.5, 0.6) is 0 Å². The average Bonchev–Trinajstić information content (AvgIpc) is 3.69. The van der Waals surface area contributed by atoms with Gasteiger partial charge in [-0.05, 0) is 75.3 Å². The van der Waals surface area contributed by atoms with Crippen LogP contribution in [0, 0.1) is 0 Å². The molecule has 0 saturated heterocycles. The number of fused-ring (bicyclic) bond motifs is 3. The van der Waals surface area contributed by atoms with Gasteiger partial charge in [-0.15, -0.1) is 0 Å². The van der Waals surface area contributed by atoms with E-state index in [1.807, 2.05) is 36.4 Å². The lowest BCUT2D eigenvalue weighted by atomic mass is 9.91. The third kappa shape index (κ3) is 6.78. The Bertz CT molecular complexity index is 3260. The van der Waals surface area contributed by atoms with Gasteiger partial charge in [0, 0.05) is 38.7 Å². The molecule has 2 aromatic heterocycles. The summed E-state index contributed by atoms with van der Waals surface area (Å²) in [7, 11) is 0. The molecule has 0 N–H and O–H groups in total. The van der Waals surface area contributed by atoms with E-state index in [9.17, 15) is 0 Å². The number of benzene rings is 9. The zero-order chi connectivity index (χ0) is 40.5. The lowest BCUT2D eigenvalue weighted by molar-refractivity contribution is 1.18. The van der Waals surface area contributed by atoms with Crippen molar-refractivity contribution in [2.24, 2.45) is 0 Å². The van der Waals surface area contributed by atoms with E-state index in [2.05, 4.69) is 205 Å². The molecule has 0 bridgehead atoms. The van der Waals surface area contributed by atoms with Crippen LogP contribution in [0.2, 0.25) is 0 Å². The Morgan fingerprint density at radius 2 is 0.770 bits per heavy atom. The van der Waals surface area contributed by atoms with E-state index in [4.69, 9.17) is 9.97 Å². The number of nitrogens with zero attached hydrogens (tertiary/aromatic N) is 3. The molecule has 0 fully saturated rings.